The number of hydrogen-bond acceptors (Lipinski definition) is 7. The highest BCUT2D eigenvalue weighted by molar-refractivity contribution is 7.99. The van der Waals surface area contributed by atoms with Gasteiger partial charge in [0.15, 0.2) is 10.3 Å². The number of hydrogen-bond donors (Lipinski definition) is 2. The minimum atomic E-state index is -0.199. The van der Waals surface area contributed by atoms with Gasteiger partial charge >= 0.3 is 0 Å². The molecule has 0 saturated heterocycles. The maximum absolute atomic E-state index is 13.0. The maximum Gasteiger partial charge on any atom is 0.278 e. The number of amides is 1. The quantitative estimate of drug-likeness (QED) is 0.291. The molecule has 0 unspecified atom stereocenters. The highest BCUT2D eigenvalue weighted by atomic mass is 32.2. The van der Waals surface area contributed by atoms with Gasteiger partial charge in [0, 0.05) is 18.3 Å². The molecule has 0 saturated carbocycles. The van der Waals surface area contributed by atoms with Crippen LogP contribution in [0.4, 0.5) is 5.13 Å². The molecule has 8 nitrogen and oxygen atoms in total. The van der Waals surface area contributed by atoms with Crippen LogP contribution < -0.4 is 15.6 Å². The van der Waals surface area contributed by atoms with E-state index in [-0.39, 0.29) is 23.1 Å². The molecule has 0 radical (unpaired) electrons. The topological polar surface area (TPSA) is 102 Å². The number of anilines is 1. The van der Waals surface area contributed by atoms with Crippen molar-refractivity contribution in [2.75, 3.05) is 17.7 Å². The van der Waals surface area contributed by atoms with Gasteiger partial charge in [0.2, 0.25) is 5.91 Å². The zero-order valence-corrected chi connectivity index (χ0v) is 20.0. The molecule has 3 heterocycles. The number of nitrogens with zero attached hydrogens (tertiary/aromatic N) is 3. The van der Waals surface area contributed by atoms with Crippen molar-refractivity contribution in [3.05, 3.63) is 40.3 Å². The number of fused-ring (bicyclic) bond motifs is 2. The van der Waals surface area contributed by atoms with E-state index in [2.05, 4.69) is 20.3 Å². The van der Waals surface area contributed by atoms with Gasteiger partial charge in [0.1, 0.15) is 11.3 Å². The Kier molecular flexibility index (Phi) is 6.52. The summed E-state index contributed by atoms with van der Waals surface area (Å²) in [5.41, 5.74) is 2.66. The smallest absolute Gasteiger partial charge is 0.278 e. The molecule has 4 rings (SSSR count). The van der Waals surface area contributed by atoms with Crippen LogP contribution in [0, 0.1) is 12.8 Å². The summed E-state index contributed by atoms with van der Waals surface area (Å²) in [5, 5.41) is 3.92. The van der Waals surface area contributed by atoms with E-state index in [1.54, 1.807) is 4.57 Å². The molecular weight excluding hydrogens is 446 g/mol. The predicted octanol–water partition coefficient (Wildman–Crippen LogP) is 4.43. The minimum Gasteiger partial charge on any atom is -0.494 e. The molecule has 168 valence electrons. The Labute approximate surface area is 193 Å². The van der Waals surface area contributed by atoms with Gasteiger partial charge in [-0.3, -0.25) is 14.2 Å². The zero-order chi connectivity index (χ0) is 22.8. The third kappa shape index (κ3) is 4.81. The van der Waals surface area contributed by atoms with E-state index in [9.17, 15) is 9.59 Å². The molecular formula is C22H25N5O3S2. The first-order valence-electron chi connectivity index (χ1n) is 10.4. The number of benzene rings is 1. The second-order valence-corrected chi connectivity index (χ2v) is 9.81. The molecule has 4 aromatic rings. The van der Waals surface area contributed by atoms with Crippen LogP contribution in [0.3, 0.4) is 0 Å². The molecule has 1 amide bonds. The van der Waals surface area contributed by atoms with Gasteiger partial charge in [-0.15, -0.1) is 0 Å². The molecule has 0 aliphatic rings. The highest BCUT2D eigenvalue weighted by Gasteiger charge is 2.16. The maximum atomic E-state index is 13.0. The van der Waals surface area contributed by atoms with Gasteiger partial charge in [-0.2, -0.15) is 0 Å². The van der Waals surface area contributed by atoms with Gasteiger partial charge in [-0.25, -0.2) is 9.97 Å². The van der Waals surface area contributed by atoms with E-state index in [0.717, 1.165) is 21.7 Å². The van der Waals surface area contributed by atoms with Crippen LogP contribution >= 0.6 is 23.1 Å². The number of ether oxygens (including phenoxy) is 1. The first kappa shape index (κ1) is 22.3. The fourth-order valence-electron chi connectivity index (χ4n) is 3.35. The largest absolute Gasteiger partial charge is 0.494 e. The van der Waals surface area contributed by atoms with Crippen LogP contribution in [0.1, 0.15) is 26.5 Å². The molecule has 10 heteroatoms. The Hall–Kier alpha value is -2.85. The van der Waals surface area contributed by atoms with Crippen molar-refractivity contribution in [3.63, 3.8) is 0 Å². The van der Waals surface area contributed by atoms with Crippen LogP contribution in [0.15, 0.2) is 34.2 Å². The van der Waals surface area contributed by atoms with E-state index in [1.165, 1.54) is 23.1 Å². The van der Waals surface area contributed by atoms with Gasteiger partial charge in [0.05, 0.1) is 28.1 Å². The SMILES string of the molecule is CCOc1ccc2sc(NC(=O)CSc3nc4cc(C)[nH]c4c(=O)n3CC(C)C)nc2c1. The molecule has 2 N–H and O–H groups in total. The summed E-state index contributed by atoms with van der Waals surface area (Å²) in [7, 11) is 0. The zero-order valence-electron chi connectivity index (χ0n) is 18.4. The summed E-state index contributed by atoms with van der Waals surface area (Å²) in [5.74, 6) is 0.943. The van der Waals surface area contributed by atoms with Crippen molar-refractivity contribution in [2.24, 2.45) is 5.92 Å². The monoisotopic (exact) mass is 471 g/mol. The van der Waals surface area contributed by atoms with E-state index in [4.69, 9.17) is 4.74 Å². The van der Waals surface area contributed by atoms with Gasteiger partial charge in [-0.05, 0) is 38.0 Å². The number of aromatic nitrogens is 4. The van der Waals surface area contributed by atoms with E-state index < -0.39 is 0 Å². The van der Waals surface area contributed by atoms with Crippen molar-refractivity contribution in [2.45, 2.75) is 39.4 Å². The van der Waals surface area contributed by atoms with Crippen LogP contribution in [0.25, 0.3) is 21.3 Å². The lowest BCUT2D eigenvalue weighted by molar-refractivity contribution is -0.113. The normalized spacial score (nSPS) is 11.5. The van der Waals surface area contributed by atoms with Crippen LogP contribution in [-0.2, 0) is 11.3 Å². The first-order valence-corrected chi connectivity index (χ1v) is 12.2. The van der Waals surface area contributed by atoms with E-state index in [0.29, 0.717) is 34.5 Å². The van der Waals surface area contributed by atoms with Crippen LogP contribution in [0.5, 0.6) is 5.75 Å². The lowest BCUT2D eigenvalue weighted by Gasteiger charge is -2.13. The summed E-state index contributed by atoms with van der Waals surface area (Å²) < 4.78 is 8.13. The van der Waals surface area contributed by atoms with Crippen molar-refractivity contribution < 1.29 is 9.53 Å². The number of H-pyrrole nitrogens is 1. The standard InChI is InChI=1S/C22H25N5O3S2/c1-5-30-14-6-7-17-15(9-14)24-21(32-17)26-18(28)11-31-22-25-16-8-13(4)23-19(16)20(29)27(22)10-12(2)3/h6-9,12,23H,5,10-11H2,1-4H3,(H,24,26,28). The molecule has 0 aliphatic carbocycles. The average Bonchev–Trinajstić information content (AvgIpc) is 3.30. The highest BCUT2D eigenvalue weighted by Crippen LogP contribution is 2.29. The first-order chi connectivity index (χ1) is 15.3. The molecule has 0 fully saturated rings. The third-order valence-electron chi connectivity index (χ3n) is 4.63. The average molecular weight is 472 g/mol. The van der Waals surface area contributed by atoms with Crippen molar-refractivity contribution >= 4 is 55.4 Å². The Morgan fingerprint density at radius 3 is 2.84 bits per heavy atom. The molecule has 0 aliphatic heterocycles. The number of carbonyl (C=O) groups is 1. The Balaban J connectivity index is 1.51. The third-order valence-corrected chi connectivity index (χ3v) is 6.56. The summed E-state index contributed by atoms with van der Waals surface area (Å²) in [6.07, 6.45) is 0. The van der Waals surface area contributed by atoms with Crippen molar-refractivity contribution in [3.8, 4) is 5.75 Å². The minimum absolute atomic E-state index is 0.115. The Bertz CT molecular complexity index is 1340. The van der Waals surface area contributed by atoms with E-state index >= 15 is 0 Å². The molecule has 0 atom stereocenters. The van der Waals surface area contributed by atoms with Crippen LogP contribution in [0.2, 0.25) is 0 Å². The summed E-state index contributed by atoms with van der Waals surface area (Å²) >= 11 is 2.66. The lowest BCUT2D eigenvalue weighted by Crippen LogP contribution is -2.26. The summed E-state index contributed by atoms with van der Waals surface area (Å²) in [6.45, 7) is 9.02. The van der Waals surface area contributed by atoms with Crippen LogP contribution in [-0.4, -0.2) is 37.8 Å². The lowest BCUT2D eigenvalue weighted by atomic mass is 10.2. The number of nitrogens with one attached hydrogen (secondary N) is 2. The van der Waals surface area contributed by atoms with Gasteiger partial charge in [-0.1, -0.05) is 36.9 Å². The number of thiazole rings is 1. The second-order valence-electron chi connectivity index (χ2n) is 7.83. The number of rotatable bonds is 8. The van der Waals surface area contributed by atoms with Crippen molar-refractivity contribution in [1.29, 1.82) is 0 Å². The number of carbonyl (C=O) groups excluding carboxylic acids is 1. The molecule has 0 bridgehead atoms. The molecule has 0 spiro atoms. The number of aromatic amines is 1. The van der Waals surface area contributed by atoms with E-state index in [1.807, 2.05) is 52.0 Å². The number of aryl methyl sites for hydroxylation is 1. The second kappa shape index (κ2) is 9.33. The van der Waals surface area contributed by atoms with Gasteiger partial charge < -0.3 is 15.0 Å². The Morgan fingerprint density at radius 1 is 1.28 bits per heavy atom. The molecule has 1 aromatic carbocycles. The fourth-order valence-corrected chi connectivity index (χ4v) is 5.02. The molecule has 32 heavy (non-hydrogen) atoms. The predicted molar refractivity (Wildman–Crippen MR) is 130 cm³/mol. The number of thioether (sulfide) groups is 1. The summed E-state index contributed by atoms with van der Waals surface area (Å²) in [6, 6.07) is 7.54. The van der Waals surface area contributed by atoms with Crippen molar-refractivity contribution in [1.82, 2.24) is 19.5 Å². The Morgan fingerprint density at radius 2 is 2.09 bits per heavy atom. The molecule has 3 aromatic heterocycles. The summed E-state index contributed by atoms with van der Waals surface area (Å²) in [4.78, 5) is 37.8. The fraction of sp³-hybridized carbons (Fsp3) is 0.364. The van der Waals surface area contributed by atoms with Gasteiger partial charge in [0.25, 0.3) is 5.56 Å².